The molecule has 0 fully saturated rings. The highest BCUT2D eigenvalue weighted by Gasteiger charge is 2.08. The van der Waals surface area contributed by atoms with E-state index in [1.54, 1.807) is 31.2 Å². The minimum Gasteiger partial charge on any atom is -0.268 e. The minimum absolute atomic E-state index is 0.0644. The second-order valence-corrected chi connectivity index (χ2v) is 4.94. The third-order valence-corrected chi connectivity index (χ3v) is 3.20. The molecule has 0 aliphatic carbocycles. The third-order valence-electron chi connectivity index (χ3n) is 3.20. The fourth-order valence-corrected chi connectivity index (χ4v) is 1.97. The molecule has 2 amide bonds. The molecule has 0 aliphatic heterocycles. The molecule has 2 rings (SSSR count). The van der Waals surface area contributed by atoms with Gasteiger partial charge in [0.1, 0.15) is 0 Å². The van der Waals surface area contributed by atoms with Crippen LogP contribution in [0.15, 0.2) is 54.6 Å². The second-order valence-electron chi connectivity index (χ2n) is 4.94. The number of hydrogen-bond donors (Lipinski definition) is 2. The first-order valence-corrected chi connectivity index (χ1v) is 7.06. The highest BCUT2D eigenvalue weighted by atomic mass is 16.6. The molecule has 0 aliphatic rings. The van der Waals surface area contributed by atoms with Gasteiger partial charge in [-0.05, 0) is 30.2 Å². The zero-order valence-electron chi connectivity index (χ0n) is 12.9. The number of carbonyl (C=O) groups excluding carboxylic acids is 2. The minimum atomic E-state index is -0.552. The van der Waals surface area contributed by atoms with Crippen LogP contribution in [0.5, 0.6) is 0 Å². The van der Waals surface area contributed by atoms with Crippen molar-refractivity contribution in [2.75, 3.05) is 0 Å². The summed E-state index contributed by atoms with van der Waals surface area (Å²) in [5.74, 6) is -0.978. The number of rotatable bonds is 4. The van der Waals surface area contributed by atoms with Gasteiger partial charge in [0.25, 0.3) is 17.5 Å². The van der Waals surface area contributed by atoms with Gasteiger partial charge in [-0.1, -0.05) is 30.3 Å². The molecule has 0 bridgehead atoms. The Kier molecular flexibility index (Phi) is 5.40. The van der Waals surface area contributed by atoms with Crippen molar-refractivity contribution in [3.05, 3.63) is 81.4 Å². The molecular formula is C17H15N3O4. The van der Waals surface area contributed by atoms with Crippen molar-refractivity contribution in [3.63, 3.8) is 0 Å². The Morgan fingerprint density at radius 2 is 1.83 bits per heavy atom. The van der Waals surface area contributed by atoms with E-state index in [4.69, 9.17) is 0 Å². The number of non-ortho nitro benzene ring substituents is 1. The number of aryl methyl sites for hydroxylation is 1. The van der Waals surface area contributed by atoms with Crippen LogP contribution >= 0.6 is 0 Å². The third kappa shape index (κ3) is 4.51. The number of hydrogen-bond acceptors (Lipinski definition) is 4. The van der Waals surface area contributed by atoms with Crippen molar-refractivity contribution in [2.24, 2.45) is 0 Å². The van der Waals surface area contributed by atoms with Gasteiger partial charge in [-0.15, -0.1) is 0 Å². The van der Waals surface area contributed by atoms with E-state index >= 15 is 0 Å². The maximum Gasteiger partial charge on any atom is 0.270 e. The number of nitro groups is 1. The summed E-state index contributed by atoms with van der Waals surface area (Å²) in [7, 11) is 0. The zero-order valence-corrected chi connectivity index (χ0v) is 12.9. The molecule has 122 valence electrons. The first-order chi connectivity index (χ1) is 11.5. The van der Waals surface area contributed by atoms with E-state index in [0.29, 0.717) is 11.1 Å². The number of amides is 2. The van der Waals surface area contributed by atoms with Crippen LogP contribution in [0.4, 0.5) is 5.69 Å². The zero-order chi connectivity index (χ0) is 17.5. The fraction of sp³-hybridized carbons (Fsp3) is 0.0588. The van der Waals surface area contributed by atoms with Gasteiger partial charge in [-0.25, -0.2) is 0 Å². The normalized spacial score (nSPS) is 10.4. The van der Waals surface area contributed by atoms with Crippen molar-refractivity contribution in [1.29, 1.82) is 0 Å². The van der Waals surface area contributed by atoms with Gasteiger partial charge in [-0.3, -0.25) is 30.6 Å². The lowest BCUT2D eigenvalue weighted by atomic mass is 10.1. The molecule has 0 spiro atoms. The van der Waals surface area contributed by atoms with E-state index in [9.17, 15) is 19.7 Å². The lowest BCUT2D eigenvalue weighted by Gasteiger charge is -2.07. The van der Waals surface area contributed by atoms with E-state index in [1.165, 1.54) is 30.4 Å². The van der Waals surface area contributed by atoms with E-state index in [-0.39, 0.29) is 5.69 Å². The molecule has 0 heterocycles. The molecule has 2 N–H and O–H groups in total. The van der Waals surface area contributed by atoms with E-state index < -0.39 is 16.7 Å². The van der Waals surface area contributed by atoms with Crippen LogP contribution in [0.25, 0.3) is 6.08 Å². The van der Waals surface area contributed by atoms with Crippen molar-refractivity contribution in [1.82, 2.24) is 10.9 Å². The molecule has 0 unspecified atom stereocenters. The molecular weight excluding hydrogens is 310 g/mol. The maximum absolute atomic E-state index is 11.9. The monoisotopic (exact) mass is 325 g/mol. The first kappa shape index (κ1) is 16.9. The quantitative estimate of drug-likeness (QED) is 0.512. The number of hydrazine groups is 1. The van der Waals surface area contributed by atoms with Gasteiger partial charge in [0.05, 0.1) is 4.92 Å². The van der Waals surface area contributed by atoms with Crippen LogP contribution in [0, 0.1) is 17.0 Å². The standard InChI is InChI=1S/C17H15N3O4/c1-12-5-2-3-8-15(12)17(22)19-18-16(21)10-9-13-6-4-7-14(11-13)20(23)24/h2-11H,1H3,(H,18,21)(H,19,22)/b10-9+. The molecule has 2 aromatic carbocycles. The fourth-order valence-electron chi connectivity index (χ4n) is 1.97. The van der Waals surface area contributed by atoms with E-state index in [0.717, 1.165) is 5.56 Å². The summed E-state index contributed by atoms with van der Waals surface area (Å²) >= 11 is 0. The molecule has 0 saturated heterocycles. The lowest BCUT2D eigenvalue weighted by molar-refractivity contribution is -0.384. The molecule has 7 heteroatoms. The summed E-state index contributed by atoms with van der Waals surface area (Å²) < 4.78 is 0. The Morgan fingerprint density at radius 3 is 2.54 bits per heavy atom. The molecule has 24 heavy (non-hydrogen) atoms. The Bertz CT molecular complexity index is 815. The van der Waals surface area contributed by atoms with Crippen LogP contribution in [0.3, 0.4) is 0 Å². The number of nitro benzene ring substituents is 1. The molecule has 0 aromatic heterocycles. The summed E-state index contributed by atoms with van der Waals surface area (Å²) in [4.78, 5) is 33.8. The van der Waals surface area contributed by atoms with E-state index in [1.807, 2.05) is 6.07 Å². The SMILES string of the molecule is Cc1ccccc1C(=O)NNC(=O)/C=C/c1cccc([N+](=O)[O-])c1. The smallest absolute Gasteiger partial charge is 0.268 e. The summed E-state index contributed by atoms with van der Waals surface area (Å²) in [5.41, 5.74) is 6.25. The molecule has 2 aromatic rings. The number of carbonyl (C=O) groups is 2. The van der Waals surface area contributed by atoms with Crippen LogP contribution < -0.4 is 10.9 Å². The molecule has 0 atom stereocenters. The van der Waals surface area contributed by atoms with Crippen LogP contribution in [-0.4, -0.2) is 16.7 Å². The molecule has 0 radical (unpaired) electrons. The van der Waals surface area contributed by atoms with Gasteiger partial charge in [0, 0.05) is 23.8 Å². The Balaban J connectivity index is 1.94. The molecule has 0 saturated carbocycles. The largest absolute Gasteiger partial charge is 0.270 e. The molecule has 7 nitrogen and oxygen atoms in total. The Hall–Kier alpha value is -3.48. The topological polar surface area (TPSA) is 101 Å². The van der Waals surface area contributed by atoms with Gasteiger partial charge >= 0.3 is 0 Å². The van der Waals surface area contributed by atoms with Gasteiger partial charge < -0.3 is 0 Å². The first-order valence-electron chi connectivity index (χ1n) is 7.06. The predicted molar refractivity (Wildman–Crippen MR) is 88.9 cm³/mol. The average Bonchev–Trinajstić information content (AvgIpc) is 2.58. The van der Waals surface area contributed by atoms with Crippen LogP contribution in [-0.2, 0) is 4.79 Å². The van der Waals surface area contributed by atoms with Crippen molar-refractivity contribution in [3.8, 4) is 0 Å². The summed E-state index contributed by atoms with van der Waals surface area (Å²) in [6.07, 6.45) is 2.60. The van der Waals surface area contributed by atoms with Crippen molar-refractivity contribution >= 4 is 23.6 Å². The second kappa shape index (κ2) is 7.68. The summed E-state index contributed by atoms with van der Waals surface area (Å²) in [5, 5.41) is 10.7. The van der Waals surface area contributed by atoms with Gasteiger partial charge in [-0.2, -0.15) is 0 Å². The van der Waals surface area contributed by atoms with Crippen molar-refractivity contribution < 1.29 is 14.5 Å². The lowest BCUT2D eigenvalue weighted by Crippen LogP contribution is -2.41. The highest BCUT2D eigenvalue weighted by Crippen LogP contribution is 2.14. The van der Waals surface area contributed by atoms with Crippen LogP contribution in [0.1, 0.15) is 21.5 Å². The van der Waals surface area contributed by atoms with Gasteiger partial charge in [0.2, 0.25) is 0 Å². The van der Waals surface area contributed by atoms with Crippen molar-refractivity contribution in [2.45, 2.75) is 6.92 Å². The average molecular weight is 325 g/mol. The highest BCUT2D eigenvalue weighted by molar-refractivity contribution is 5.98. The summed E-state index contributed by atoms with van der Waals surface area (Å²) in [6, 6.07) is 12.8. The van der Waals surface area contributed by atoms with Gasteiger partial charge in [0.15, 0.2) is 0 Å². The number of nitrogens with zero attached hydrogens (tertiary/aromatic N) is 1. The van der Waals surface area contributed by atoms with E-state index in [2.05, 4.69) is 10.9 Å². The van der Waals surface area contributed by atoms with Crippen LogP contribution in [0.2, 0.25) is 0 Å². The number of benzene rings is 2. The Morgan fingerprint density at radius 1 is 1.08 bits per heavy atom. The number of nitrogens with one attached hydrogen (secondary N) is 2. The maximum atomic E-state index is 11.9. The Labute approximate surface area is 138 Å². The predicted octanol–water partition coefficient (Wildman–Crippen LogP) is 2.38. The summed E-state index contributed by atoms with van der Waals surface area (Å²) in [6.45, 7) is 1.79.